The third-order valence-corrected chi connectivity index (χ3v) is 5.61. The highest BCUT2D eigenvalue weighted by atomic mass is 16.5. The first-order valence-corrected chi connectivity index (χ1v) is 7.77. The average molecular weight is 286 g/mol. The summed E-state index contributed by atoms with van der Waals surface area (Å²) < 4.78 is 4.84. The van der Waals surface area contributed by atoms with Crippen molar-refractivity contribution in [1.29, 1.82) is 0 Å². The van der Waals surface area contributed by atoms with Crippen LogP contribution in [0.15, 0.2) is 18.2 Å². The molecule has 0 radical (unpaired) electrons. The van der Waals surface area contributed by atoms with Crippen LogP contribution in [0.1, 0.15) is 54.1 Å². The van der Waals surface area contributed by atoms with Crippen LogP contribution >= 0.6 is 0 Å². The molecular formula is C18H22O3. The van der Waals surface area contributed by atoms with Crippen LogP contribution in [-0.4, -0.2) is 19.4 Å². The van der Waals surface area contributed by atoms with Gasteiger partial charge in [0.25, 0.3) is 0 Å². The fourth-order valence-corrected chi connectivity index (χ4v) is 4.48. The van der Waals surface area contributed by atoms with Crippen molar-refractivity contribution in [2.45, 2.75) is 44.4 Å². The molecule has 3 rings (SSSR count). The van der Waals surface area contributed by atoms with Crippen molar-refractivity contribution in [3.8, 4) is 0 Å². The van der Waals surface area contributed by atoms with Crippen LogP contribution in [0.5, 0.6) is 0 Å². The molecule has 2 aliphatic carbocycles. The van der Waals surface area contributed by atoms with E-state index in [9.17, 15) is 9.59 Å². The van der Waals surface area contributed by atoms with Gasteiger partial charge in [-0.3, -0.25) is 0 Å². The van der Waals surface area contributed by atoms with Gasteiger partial charge in [0.05, 0.1) is 12.7 Å². The molecule has 21 heavy (non-hydrogen) atoms. The predicted molar refractivity (Wildman–Crippen MR) is 80.3 cm³/mol. The fourth-order valence-electron chi connectivity index (χ4n) is 4.48. The number of fused-ring (bicyclic) bond motifs is 3. The highest BCUT2D eigenvalue weighted by molar-refractivity contribution is 5.89. The van der Waals surface area contributed by atoms with Gasteiger partial charge in [-0.05, 0) is 60.3 Å². The van der Waals surface area contributed by atoms with Gasteiger partial charge in [-0.1, -0.05) is 19.4 Å². The third-order valence-electron chi connectivity index (χ3n) is 5.61. The van der Waals surface area contributed by atoms with Crippen molar-refractivity contribution in [3.63, 3.8) is 0 Å². The first kappa shape index (κ1) is 14.3. The Balaban J connectivity index is 2.07. The molecule has 0 saturated heterocycles. The first-order chi connectivity index (χ1) is 10.1. The molecule has 112 valence electrons. The van der Waals surface area contributed by atoms with E-state index in [0.717, 1.165) is 38.4 Å². The molecule has 3 nitrogen and oxygen atoms in total. The Hall–Kier alpha value is -1.64. The molecule has 0 unspecified atom stereocenters. The fraction of sp³-hybridized carbons (Fsp3) is 0.556. The second-order valence-electron chi connectivity index (χ2n) is 6.62. The molecule has 0 amide bonds. The van der Waals surface area contributed by atoms with E-state index >= 15 is 0 Å². The molecule has 0 aliphatic heterocycles. The SMILES string of the molecule is COC(=O)c1ccc2c(c1)[C@]1(C)CCC[C@H](C=O)[C@H]1CC2. The number of hydrogen-bond acceptors (Lipinski definition) is 3. The molecule has 0 spiro atoms. The maximum Gasteiger partial charge on any atom is 0.337 e. The lowest BCUT2D eigenvalue weighted by molar-refractivity contribution is -0.115. The Labute approximate surface area is 125 Å². The van der Waals surface area contributed by atoms with Gasteiger partial charge in [0.15, 0.2) is 0 Å². The summed E-state index contributed by atoms with van der Waals surface area (Å²) in [7, 11) is 1.41. The Bertz CT molecular complexity index is 578. The Kier molecular flexibility index (Phi) is 3.60. The van der Waals surface area contributed by atoms with E-state index in [1.807, 2.05) is 12.1 Å². The predicted octanol–water partition coefficient (Wildman–Crippen LogP) is 3.29. The quantitative estimate of drug-likeness (QED) is 0.619. The Morgan fingerprint density at radius 2 is 2.19 bits per heavy atom. The van der Waals surface area contributed by atoms with E-state index in [1.165, 1.54) is 18.2 Å². The van der Waals surface area contributed by atoms with Crippen LogP contribution < -0.4 is 0 Å². The minimum absolute atomic E-state index is 0.0153. The van der Waals surface area contributed by atoms with E-state index in [1.54, 1.807) is 0 Å². The summed E-state index contributed by atoms with van der Waals surface area (Å²) in [6.07, 6.45) is 6.41. The van der Waals surface area contributed by atoms with Gasteiger partial charge in [-0.15, -0.1) is 0 Å². The lowest BCUT2D eigenvalue weighted by Crippen LogP contribution is -2.44. The number of hydrogen-bond donors (Lipinski definition) is 0. The smallest absolute Gasteiger partial charge is 0.337 e. The van der Waals surface area contributed by atoms with Crippen molar-refractivity contribution in [3.05, 3.63) is 34.9 Å². The van der Waals surface area contributed by atoms with Gasteiger partial charge in [0.2, 0.25) is 0 Å². The zero-order valence-electron chi connectivity index (χ0n) is 12.7. The summed E-state index contributed by atoms with van der Waals surface area (Å²) in [6, 6.07) is 5.92. The topological polar surface area (TPSA) is 43.4 Å². The molecule has 1 saturated carbocycles. The second kappa shape index (κ2) is 5.28. The van der Waals surface area contributed by atoms with Crippen LogP contribution in [0, 0.1) is 11.8 Å². The molecule has 3 heteroatoms. The van der Waals surface area contributed by atoms with Gasteiger partial charge in [0.1, 0.15) is 6.29 Å². The first-order valence-electron chi connectivity index (χ1n) is 7.77. The van der Waals surface area contributed by atoms with E-state index < -0.39 is 0 Å². The summed E-state index contributed by atoms with van der Waals surface area (Å²) in [5, 5.41) is 0. The standard InChI is InChI=1S/C18H22O3/c1-18-9-3-4-14(11-19)15(18)8-7-12-5-6-13(10-16(12)18)17(20)21-2/h5-6,10-11,14-15H,3-4,7-9H2,1-2H3/t14-,15-,18-/m1/s1. The van der Waals surface area contributed by atoms with E-state index in [0.29, 0.717) is 11.5 Å². The van der Waals surface area contributed by atoms with Crippen LogP contribution in [0.3, 0.4) is 0 Å². The summed E-state index contributed by atoms with van der Waals surface area (Å²) in [4.78, 5) is 23.2. The number of ether oxygens (including phenoxy) is 1. The minimum atomic E-state index is -0.286. The van der Waals surface area contributed by atoms with E-state index in [4.69, 9.17) is 4.74 Å². The normalized spacial score (nSPS) is 31.0. The minimum Gasteiger partial charge on any atom is -0.465 e. The van der Waals surface area contributed by atoms with Crippen LogP contribution in [0.4, 0.5) is 0 Å². The molecule has 0 bridgehead atoms. The molecule has 0 heterocycles. The van der Waals surface area contributed by atoms with Gasteiger partial charge >= 0.3 is 5.97 Å². The number of aryl methyl sites for hydroxylation is 1. The highest BCUT2D eigenvalue weighted by Crippen LogP contribution is 2.51. The van der Waals surface area contributed by atoms with Crippen LogP contribution in [-0.2, 0) is 21.4 Å². The Morgan fingerprint density at radius 3 is 2.90 bits per heavy atom. The maximum absolute atomic E-state index is 11.8. The zero-order chi connectivity index (χ0) is 15.0. The number of methoxy groups -OCH3 is 1. The maximum atomic E-state index is 11.8. The second-order valence-corrected chi connectivity index (χ2v) is 6.62. The summed E-state index contributed by atoms with van der Waals surface area (Å²) in [5.74, 6) is 0.286. The average Bonchev–Trinajstić information content (AvgIpc) is 2.52. The molecule has 2 aliphatic rings. The summed E-state index contributed by atoms with van der Waals surface area (Å²) >= 11 is 0. The number of carbonyl (C=O) groups is 2. The number of esters is 1. The molecule has 0 N–H and O–H groups in total. The molecular weight excluding hydrogens is 264 g/mol. The molecule has 0 aromatic heterocycles. The van der Waals surface area contributed by atoms with Gasteiger partial charge in [-0.2, -0.15) is 0 Å². The Morgan fingerprint density at radius 1 is 1.38 bits per heavy atom. The van der Waals surface area contributed by atoms with Gasteiger partial charge < -0.3 is 9.53 Å². The third kappa shape index (κ3) is 2.19. The number of rotatable bonds is 2. The van der Waals surface area contributed by atoms with Crippen molar-refractivity contribution in [1.82, 2.24) is 0 Å². The number of carbonyl (C=O) groups excluding carboxylic acids is 2. The van der Waals surface area contributed by atoms with Crippen molar-refractivity contribution in [2.75, 3.05) is 7.11 Å². The monoisotopic (exact) mass is 286 g/mol. The van der Waals surface area contributed by atoms with E-state index in [2.05, 4.69) is 13.0 Å². The number of benzene rings is 1. The largest absolute Gasteiger partial charge is 0.465 e. The lowest BCUT2D eigenvalue weighted by atomic mass is 9.55. The highest BCUT2D eigenvalue weighted by Gasteiger charge is 2.46. The van der Waals surface area contributed by atoms with Gasteiger partial charge in [0, 0.05) is 5.92 Å². The van der Waals surface area contributed by atoms with Gasteiger partial charge in [-0.25, -0.2) is 4.79 Å². The zero-order valence-corrected chi connectivity index (χ0v) is 12.7. The molecule has 1 aromatic rings. The summed E-state index contributed by atoms with van der Waals surface area (Å²) in [6.45, 7) is 2.27. The molecule has 1 fully saturated rings. The number of aldehydes is 1. The summed E-state index contributed by atoms with van der Waals surface area (Å²) in [5.41, 5.74) is 3.22. The molecule has 3 atom stereocenters. The van der Waals surface area contributed by atoms with Crippen molar-refractivity contribution >= 4 is 12.3 Å². The van der Waals surface area contributed by atoms with Crippen molar-refractivity contribution in [2.24, 2.45) is 11.8 Å². The van der Waals surface area contributed by atoms with Crippen molar-refractivity contribution < 1.29 is 14.3 Å². The van der Waals surface area contributed by atoms with Crippen LogP contribution in [0.2, 0.25) is 0 Å². The van der Waals surface area contributed by atoms with Crippen LogP contribution in [0.25, 0.3) is 0 Å². The molecule has 1 aromatic carbocycles. The lowest BCUT2D eigenvalue weighted by Gasteiger charge is -2.49. The van der Waals surface area contributed by atoms with E-state index in [-0.39, 0.29) is 17.3 Å².